The number of nitro benzene ring substituents is 1. The number of pyridine rings is 1. The average Bonchev–Trinajstić information content (AvgIpc) is 2.39. The highest BCUT2D eigenvalue weighted by atomic mass is 79.9. The monoisotopic (exact) mass is 400 g/mol. The van der Waals surface area contributed by atoms with E-state index in [0.29, 0.717) is 5.56 Å². The minimum Gasteiger partial charge on any atom is -1.00 e. The predicted molar refractivity (Wildman–Crippen MR) is 71.8 cm³/mol. The third-order valence-corrected chi connectivity index (χ3v) is 3.00. The number of non-ortho nitro benzene ring substituents is 1. The summed E-state index contributed by atoms with van der Waals surface area (Å²) >= 11 is 3.32. The van der Waals surface area contributed by atoms with Gasteiger partial charge in [-0.3, -0.25) is 14.9 Å². The molecule has 20 heavy (non-hydrogen) atoms. The molecule has 2 aromatic rings. The van der Waals surface area contributed by atoms with Crippen molar-refractivity contribution in [3.63, 3.8) is 0 Å². The summed E-state index contributed by atoms with van der Waals surface area (Å²) in [4.78, 5) is 22.2. The first-order chi connectivity index (χ1) is 9.06. The van der Waals surface area contributed by atoms with Crippen LogP contribution >= 0.6 is 15.9 Å². The zero-order valence-electron chi connectivity index (χ0n) is 10.2. The van der Waals surface area contributed by atoms with Crippen LogP contribution in [-0.4, -0.2) is 10.7 Å². The number of rotatable bonds is 4. The van der Waals surface area contributed by atoms with E-state index in [9.17, 15) is 14.9 Å². The number of halogens is 2. The number of ketones is 1. The lowest BCUT2D eigenvalue weighted by molar-refractivity contribution is -0.683. The van der Waals surface area contributed by atoms with E-state index in [-0.39, 0.29) is 35.0 Å². The van der Waals surface area contributed by atoms with E-state index in [1.165, 1.54) is 18.2 Å². The molecule has 0 saturated heterocycles. The number of aromatic nitrogens is 1. The van der Waals surface area contributed by atoms with Crippen LogP contribution in [0.4, 0.5) is 5.69 Å². The molecule has 2 rings (SSSR count). The van der Waals surface area contributed by atoms with Gasteiger partial charge in [0.2, 0.25) is 12.3 Å². The van der Waals surface area contributed by atoms with E-state index >= 15 is 0 Å². The van der Waals surface area contributed by atoms with Gasteiger partial charge < -0.3 is 17.0 Å². The van der Waals surface area contributed by atoms with Crippen LogP contribution in [0.5, 0.6) is 0 Å². The Bertz CT molecular complexity index is 647. The largest absolute Gasteiger partial charge is 1.00 e. The van der Waals surface area contributed by atoms with Crippen molar-refractivity contribution in [3.05, 3.63) is 68.9 Å². The second kappa shape index (κ2) is 7.25. The molecule has 0 amide bonds. The van der Waals surface area contributed by atoms with Gasteiger partial charge in [0.1, 0.15) is 0 Å². The van der Waals surface area contributed by atoms with Crippen LogP contribution < -0.4 is 21.5 Å². The van der Waals surface area contributed by atoms with E-state index < -0.39 is 4.92 Å². The molecule has 1 aromatic carbocycles. The molecule has 104 valence electrons. The molecule has 0 aliphatic heterocycles. The number of nitro groups is 1. The van der Waals surface area contributed by atoms with E-state index in [1.54, 1.807) is 23.0 Å². The number of nitrogens with zero attached hydrogens (tertiary/aromatic N) is 2. The molecule has 0 aliphatic rings. The van der Waals surface area contributed by atoms with Gasteiger partial charge in [-0.1, -0.05) is 12.1 Å². The van der Waals surface area contributed by atoms with Crippen molar-refractivity contribution >= 4 is 27.4 Å². The predicted octanol–water partition coefficient (Wildman–Crippen LogP) is -0.468. The third-order valence-electron chi connectivity index (χ3n) is 2.53. The minimum atomic E-state index is -0.511. The summed E-state index contributed by atoms with van der Waals surface area (Å²) < 4.78 is 2.58. The standard InChI is InChI=1S/C13H10BrN2O3.BrH/c14-11-4-2-6-15(8-11)9-13(17)10-3-1-5-12(7-10)16(18)19;/h1-8H,9H2;1H/q+1;/p-1. The van der Waals surface area contributed by atoms with Gasteiger partial charge in [0.05, 0.1) is 9.40 Å². The lowest BCUT2D eigenvalue weighted by Crippen LogP contribution is -3.00. The summed E-state index contributed by atoms with van der Waals surface area (Å²) in [6, 6.07) is 9.41. The van der Waals surface area contributed by atoms with Gasteiger partial charge in [0.25, 0.3) is 5.69 Å². The second-order valence-electron chi connectivity index (χ2n) is 3.93. The van der Waals surface area contributed by atoms with Crippen LogP contribution in [0.15, 0.2) is 53.3 Å². The van der Waals surface area contributed by atoms with Crippen LogP contribution in [0.1, 0.15) is 10.4 Å². The number of benzene rings is 1. The first-order valence-electron chi connectivity index (χ1n) is 5.48. The van der Waals surface area contributed by atoms with Gasteiger partial charge in [-0.15, -0.1) is 0 Å². The van der Waals surface area contributed by atoms with E-state index in [1.807, 2.05) is 12.1 Å². The molecule has 0 unspecified atom stereocenters. The topological polar surface area (TPSA) is 64.1 Å². The lowest BCUT2D eigenvalue weighted by Gasteiger charge is -1.99. The maximum Gasteiger partial charge on any atom is 0.270 e. The molecule has 0 N–H and O–H groups in total. The third kappa shape index (κ3) is 4.21. The minimum absolute atomic E-state index is 0. The molecular weight excluding hydrogens is 392 g/mol. The average molecular weight is 402 g/mol. The highest BCUT2D eigenvalue weighted by molar-refractivity contribution is 9.10. The molecule has 0 aliphatic carbocycles. The maximum atomic E-state index is 12.0. The molecule has 5 nitrogen and oxygen atoms in total. The van der Waals surface area contributed by atoms with Gasteiger partial charge >= 0.3 is 0 Å². The maximum absolute atomic E-state index is 12.0. The van der Waals surface area contributed by atoms with Gasteiger partial charge in [-0.2, -0.15) is 4.57 Å². The van der Waals surface area contributed by atoms with Crippen molar-refractivity contribution in [2.75, 3.05) is 0 Å². The Morgan fingerprint density at radius 2 is 2.05 bits per heavy atom. The highest BCUT2D eigenvalue weighted by Crippen LogP contribution is 2.13. The molecule has 7 heteroatoms. The zero-order valence-corrected chi connectivity index (χ0v) is 13.4. The molecular formula is C13H10Br2N2O3. The molecule has 0 bridgehead atoms. The Balaban J connectivity index is 0.00000200. The Morgan fingerprint density at radius 3 is 2.70 bits per heavy atom. The summed E-state index contributed by atoms with van der Waals surface area (Å²) in [5.41, 5.74) is 0.256. The van der Waals surface area contributed by atoms with Gasteiger partial charge in [-0.05, 0) is 22.0 Å². The Morgan fingerprint density at radius 1 is 1.30 bits per heavy atom. The second-order valence-corrected chi connectivity index (χ2v) is 4.84. The number of Topliss-reactive ketones (excluding diaryl/α,β-unsaturated/α-hetero) is 1. The van der Waals surface area contributed by atoms with E-state index in [0.717, 1.165) is 4.47 Å². The smallest absolute Gasteiger partial charge is 0.270 e. The molecule has 0 fully saturated rings. The highest BCUT2D eigenvalue weighted by Gasteiger charge is 2.15. The lowest BCUT2D eigenvalue weighted by atomic mass is 10.1. The molecule has 0 spiro atoms. The van der Waals surface area contributed by atoms with E-state index in [2.05, 4.69) is 15.9 Å². The summed E-state index contributed by atoms with van der Waals surface area (Å²) in [6.07, 6.45) is 3.54. The van der Waals surface area contributed by atoms with Crippen molar-refractivity contribution in [1.29, 1.82) is 0 Å². The van der Waals surface area contributed by atoms with Crippen molar-refractivity contribution in [3.8, 4) is 0 Å². The summed E-state index contributed by atoms with van der Waals surface area (Å²) in [6.45, 7) is 0.139. The summed E-state index contributed by atoms with van der Waals surface area (Å²) in [7, 11) is 0. The van der Waals surface area contributed by atoms with Gasteiger partial charge in [0, 0.05) is 23.8 Å². The number of carbonyl (C=O) groups is 1. The van der Waals surface area contributed by atoms with E-state index in [4.69, 9.17) is 0 Å². The molecule has 0 radical (unpaired) electrons. The fourth-order valence-corrected chi connectivity index (χ4v) is 2.05. The van der Waals surface area contributed by atoms with Crippen molar-refractivity contribution < 1.29 is 31.3 Å². The number of hydrogen-bond acceptors (Lipinski definition) is 3. The normalized spacial score (nSPS) is 9.65. The molecule has 0 atom stereocenters. The Kier molecular flexibility index (Phi) is 5.97. The van der Waals surface area contributed by atoms with Crippen LogP contribution in [0, 0.1) is 10.1 Å². The zero-order chi connectivity index (χ0) is 13.8. The van der Waals surface area contributed by atoms with Crippen LogP contribution in [0.2, 0.25) is 0 Å². The van der Waals surface area contributed by atoms with Crippen LogP contribution in [0.3, 0.4) is 0 Å². The van der Waals surface area contributed by atoms with Crippen LogP contribution in [-0.2, 0) is 6.54 Å². The number of hydrogen-bond donors (Lipinski definition) is 0. The number of carbonyl (C=O) groups excluding carboxylic acids is 1. The quantitative estimate of drug-likeness (QED) is 0.301. The van der Waals surface area contributed by atoms with Gasteiger partial charge in [0.15, 0.2) is 12.4 Å². The fraction of sp³-hybridized carbons (Fsp3) is 0.0769. The van der Waals surface area contributed by atoms with Crippen molar-refractivity contribution in [2.24, 2.45) is 0 Å². The van der Waals surface area contributed by atoms with Crippen molar-refractivity contribution in [1.82, 2.24) is 0 Å². The van der Waals surface area contributed by atoms with Crippen molar-refractivity contribution in [2.45, 2.75) is 6.54 Å². The fourth-order valence-electron chi connectivity index (χ4n) is 1.64. The molecule has 1 aromatic heterocycles. The first-order valence-corrected chi connectivity index (χ1v) is 6.28. The Hall–Kier alpha value is -1.60. The molecule has 1 heterocycles. The molecule has 0 saturated carbocycles. The first kappa shape index (κ1) is 16.5. The SMILES string of the molecule is O=C(C[n+]1cccc(Br)c1)c1cccc([N+](=O)[O-])c1.[Br-]. The van der Waals surface area contributed by atoms with Crippen LogP contribution in [0.25, 0.3) is 0 Å². The summed E-state index contributed by atoms with van der Waals surface area (Å²) in [5, 5.41) is 10.7. The summed E-state index contributed by atoms with van der Waals surface area (Å²) in [5.74, 6) is -0.174. The Labute approximate surface area is 134 Å². The van der Waals surface area contributed by atoms with Gasteiger partial charge in [-0.25, -0.2) is 0 Å².